The van der Waals surface area contributed by atoms with Gasteiger partial charge in [0.05, 0.1) is 19.3 Å². The molecule has 0 radical (unpaired) electrons. The predicted octanol–water partition coefficient (Wildman–Crippen LogP) is 0.0308. The number of nitrogens with one attached hydrogen (secondary N) is 1. The summed E-state index contributed by atoms with van der Waals surface area (Å²) in [6.45, 7) is 2.61. The zero-order chi connectivity index (χ0) is 9.68. The Morgan fingerprint density at radius 2 is 2.31 bits per heavy atom. The number of hydrogen-bond acceptors (Lipinski definition) is 4. The van der Waals surface area contributed by atoms with Crippen molar-refractivity contribution in [1.29, 1.82) is 0 Å². The minimum Gasteiger partial charge on any atom is -0.465 e. The van der Waals surface area contributed by atoms with Crippen LogP contribution in [0.4, 0.5) is 0 Å². The molecule has 0 aliphatic carbocycles. The Morgan fingerprint density at radius 3 is 2.85 bits per heavy atom. The van der Waals surface area contributed by atoms with Gasteiger partial charge in [0.2, 0.25) is 0 Å². The van der Waals surface area contributed by atoms with E-state index in [1.54, 1.807) is 0 Å². The van der Waals surface area contributed by atoms with Gasteiger partial charge in [-0.15, -0.1) is 0 Å². The molecule has 13 heavy (non-hydrogen) atoms. The van der Waals surface area contributed by atoms with Crippen LogP contribution in [0, 0.1) is 6.92 Å². The van der Waals surface area contributed by atoms with Crippen LogP contribution in [0.25, 0.3) is 0 Å². The van der Waals surface area contributed by atoms with Crippen molar-refractivity contribution in [2.24, 2.45) is 0 Å². The summed E-state index contributed by atoms with van der Waals surface area (Å²) in [6.07, 6.45) is -0.698. The van der Waals surface area contributed by atoms with Crippen molar-refractivity contribution >= 4 is 0 Å². The smallest absolute Gasteiger partial charge is 0.117 e. The fourth-order valence-electron chi connectivity index (χ4n) is 1.01. The molecule has 0 aromatic carbocycles. The maximum Gasteiger partial charge on any atom is 0.117 e. The van der Waals surface area contributed by atoms with Crippen LogP contribution in [-0.4, -0.2) is 29.5 Å². The molecule has 1 aromatic heterocycles. The molecule has 4 nitrogen and oxygen atoms in total. The zero-order valence-electron chi connectivity index (χ0n) is 7.66. The molecule has 1 atom stereocenters. The van der Waals surface area contributed by atoms with Crippen LogP contribution in [0.2, 0.25) is 0 Å². The van der Waals surface area contributed by atoms with Crippen LogP contribution in [-0.2, 0) is 6.54 Å². The topological polar surface area (TPSA) is 65.6 Å². The van der Waals surface area contributed by atoms with E-state index >= 15 is 0 Å². The van der Waals surface area contributed by atoms with E-state index in [0.717, 1.165) is 11.5 Å². The van der Waals surface area contributed by atoms with Crippen LogP contribution in [0.3, 0.4) is 0 Å². The lowest BCUT2D eigenvalue weighted by molar-refractivity contribution is 0.0938. The molecule has 74 valence electrons. The number of rotatable bonds is 5. The van der Waals surface area contributed by atoms with Gasteiger partial charge in [-0.2, -0.15) is 0 Å². The molecule has 0 bridgehead atoms. The monoisotopic (exact) mass is 185 g/mol. The Bertz CT molecular complexity index is 247. The van der Waals surface area contributed by atoms with Crippen molar-refractivity contribution in [2.45, 2.75) is 19.6 Å². The Kier molecular flexibility index (Phi) is 3.95. The summed E-state index contributed by atoms with van der Waals surface area (Å²) in [5.74, 6) is 1.71. The Hall–Kier alpha value is -0.840. The third-order valence-corrected chi connectivity index (χ3v) is 1.69. The van der Waals surface area contributed by atoms with Gasteiger partial charge in [0.25, 0.3) is 0 Å². The van der Waals surface area contributed by atoms with E-state index in [4.69, 9.17) is 14.6 Å². The van der Waals surface area contributed by atoms with Crippen molar-refractivity contribution < 1.29 is 14.6 Å². The Labute approximate surface area is 77.2 Å². The van der Waals surface area contributed by atoms with Crippen molar-refractivity contribution in [2.75, 3.05) is 13.2 Å². The fraction of sp³-hybridized carbons (Fsp3) is 0.556. The van der Waals surface area contributed by atoms with Crippen molar-refractivity contribution in [3.05, 3.63) is 23.7 Å². The highest BCUT2D eigenvalue weighted by atomic mass is 16.3. The molecule has 4 heteroatoms. The number of furan rings is 1. The van der Waals surface area contributed by atoms with E-state index in [-0.39, 0.29) is 6.61 Å². The first-order valence-electron chi connectivity index (χ1n) is 4.27. The molecule has 0 aliphatic rings. The average molecular weight is 185 g/mol. The zero-order valence-corrected chi connectivity index (χ0v) is 7.66. The molecule has 0 unspecified atom stereocenters. The SMILES string of the molecule is Cc1ccc(CNC[C@H](O)CO)o1. The fourth-order valence-corrected chi connectivity index (χ4v) is 1.01. The first-order chi connectivity index (χ1) is 6.22. The average Bonchev–Trinajstić information content (AvgIpc) is 2.51. The van der Waals surface area contributed by atoms with Crippen LogP contribution < -0.4 is 5.32 Å². The largest absolute Gasteiger partial charge is 0.465 e. The third kappa shape index (κ3) is 3.59. The molecule has 1 heterocycles. The molecule has 0 spiro atoms. The first kappa shape index (κ1) is 10.2. The number of aliphatic hydroxyl groups is 2. The van der Waals surface area contributed by atoms with E-state index in [9.17, 15) is 0 Å². The maximum atomic E-state index is 9.00. The van der Waals surface area contributed by atoms with Gasteiger partial charge in [-0.3, -0.25) is 0 Å². The predicted molar refractivity (Wildman–Crippen MR) is 48.2 cm³/mol. The van der Waals surface area contributed by atoms with Gasteiger partial charge in [0.1, 0.15) is 11.5 Å². The number of aryl methyl sites for hydroxylation is 1. The summed E-state index contributed by atoms with van der Waals surface area (Å²) < 4.78 is 5.29. The van der Waals surface area contributed by atoms with Gasteiger partial charge in [0, 0.05) is 6.54 Å². The van der Waals surface area contributed by atoms with Gasteiger partial charge >= 0.3 is 0 Å². The van der Waals surface area contributed by atoms with Crippen molar-refractivity contribution in [1.82, 2.24) is 5.32 Å². The van der Waals surface area contributed by atoms with E-state index in [1.165, 1.54) is 0 Å². The molecular weight excluding hydrogens is 170 g/mol. The molecule has 0 amide bonds. The van der Waals surface area contributed by atoms with Gasteiger partial charge < -0.3 is 19.9 Å². The lowest BCUT2D eigenvalue weighted by atomic mass is 10.3. The lowest BCUT2D eigenvalue weighted by Gasteiger charge is -2.06. The van der Waals surface area contributed by atoms with Crippen LogP contribution >= 0.6 is 0 Å². The minimum absolute atomic E-state index is 0.218. The highest BCUT2D eigenvalue weighted by Gasteiger charge is 2.02. The highest BCUT2D eigenvalue weighted by molar-refractivity contribution is 5.05. The Balaban J connectivity index is 2.20. The van der Waals surface area contributed by atoms with E-state index in [0.29, 0.717) is 13.1 Å². The molecule has 1 rings (SSSR count). The second kappa shape index (κ2) is 5.01. The molecule has 0 saturated heterocycles. The summed E-state index contributed by atoms with van der Waals surface area (Å²) in [5, 5.41) is 20.5. The van der Waals surface area contributed by atoms with Crippen molar-refractivity contribution in [3.8, 4) is 0 Å². The number of aliphatic hydroxyl groups excluding tert-OH is 2. The third-order valence-electron chi connectivity index (χ3n) is 1.69. The second-order valence-corrected chi connectivity index (χ2v) is 2.98. The minimum atomic E-state index is -0.698. The van der Waals surface area contributed by atoms with E-state index < -0.39 is 6.10 Å². The quantitative estimate of drug-likeness (QED) is 0.605. The lowest BCUT2D eigenvalue weighted by Crippen LogP contribution is -2.28. The van der Waals surface area contributed by atoms with Gasteiger partial charge in [-0.1, -0.05) is 0 Å². The molecule has 1 aromatic rings. The van der Waals surface area contributed by atoms with Crippen molar-refractivity contribution in [3.63, 3.8) is 0 Å². The maximum absolute atomic E-state index is 9.00. The standard InChI is InChI=1S/C9H15NO3/c1-7-2-3-9(13-7)5-10-4-8(12)6-11/h2-3,8,10-12H,4-6H2,1H3/t8-/m0/s1. The van der Waals surface area contributed by atoms with Crippen LogP contribution in [0.1, 0.15) is 11.5 Å². The number of hydrogen-bond donors (Lipinski definition) is 3. The van der Waals surface area contributed by atoms with E-state index in [2.05, 4.69) is 5.32 Å². The first-order valence-corrected chi connectivity index (χ1v) is 4.27. The van der Waals surface area contributed by atoms with Gasteiger partial charge in [-0.05, 0) is 19.1 Å². The molecule has 3 N–H and O–H groups in total. The van der Waals surface area contributed by atoms with E-state index in [1.807, 2.05) is 19.1 Å². The highest BCUT2D eigenvalue weighted by Crippen LogP contribution is 2.05. The second-order valence-electron chi connectivity index (χ2n) is 2.98. The molecule has 0 fully saturated rings. The summed E-state index contributed by atoms with van der Waals surface area (Å²) in [4.78, 5) is 0. The Morgan fingerprint density at radius 1 is 1.54 bits per heavy atom. The summed E-state index contributed by atoms with van der Waals surface area (Å²) in [6, 6.07) is 3.77. The van der Waals surface area contributed by atoms with Gasteiger partial charge in [0.15, 0.2) is 0 Å². The van der Waals surface area contributed by atoms with Gasteiger partial charge in [-0.25, -0.2) is 0 Å². The molecule has 0 saturated carbocycles. The van der Waals surface area contributed by atoms with Crippen LogP contribution in [0.15, 0.2) is 16.5 Å². The molecular formula is C9H15NO3. The normalized spacial score (nSPS) is 13.2. The summed E-state index contributed by atoms with van der Waals surface area (Å²) in [7, 11) is 0. The van der Waals surface area contributed by atoms with Crippen LogP contribution in [0.5, 0.6) is 0 Å². The summed E-state index contributed by atoms with van der Waals surface area (Å²) >= 11 is 0. The molecule has 0 aliphatic heterocycles. The summed E-state index contributed by atoms with van der Waals surface area (Å²) in [5.41, 5.74) is 0.